The molecule has 7 heteroatoms. The van der Waals surface area contributed by atoms with E-state index in [2.05, 4.69) is 15.5 Å². The van der Waals surface area contributed by atoms with Crippen molar-refractivity contribution in [3.05, 3.63) is 45.1 Å². The Morgan fingerprint density at radius 2 is 2.06 bits per heavy atom. The zero-order chi connectivity index (χ0) is 13.1. The van der Waals surface area contributed by atoms with E-state index in [1.54, 1.807) is 19.1 Å². The second-order valence-electron chi connectivity index (χ2n) is 3.61. The Morgan fingerprint density at radius 3 is 2.61 bits per heavy atom. The molecule has 2 rings (SSSR count). The summed E-state index contributed by atoms with van der Waals surface area (Å²) in [6.07, 6.45) is 0. The van der Waals surface area contributed by atoms with Crippen molar-refractivity contribution in [1.82, 2.24) is 15.5 Å². The van der Waals surface area contributed by atoms with Gasteiger partial charge in [0.2, 0.25) is 9.47 Å². The highest BCUT2D eigenvalue weighted by Crippen LogP contribution is 2.17. The molecule has 4 nitrogen and oxygen atoms in total. The first-order chi connectivity index (χ1) is 8.56. The average molecular weight is 286 g/mol. The van der Waals surface area contributed by atoms with Crippen LogP contribution in [0, 0.1) is 5.82 Å². The summed E-state index contributed by atoms with van der Waals surface area (Å²) in [6, 6.07) is 5.68. The maximum atomic E-state index is 12.8. The number of carbonyl (C=O) groups is 1. The van der Waals surface area contributed by atoms with Gasteiger partial charge in [0.25, 0.3) is 5.91 Å². The lowest BCUT2D eigenvalue weighted by Crippen LogP contribution is -2.26. The fourth-order valence-electron chi connectivity index (χ4n) is 1.39. The quantitative estimate of drug-likeness (QED) is 0.943. The van der Waals surface area contributed by atoms with Gasteiger partial charge in [-0.15, -0.1) is 10.2 Å². The molecule has 1 amide bonds. The smallest absolute Gasteiger partial charge is 0.282 e. The second kappa shape index (κ2) is 5.41. The van der Waals surface area contributed by atoms with Crippen LogP contribution in [0.2, 0.25) is 4.47 Å². The number of halogens is 2. The summed E-state index contributed by atoms with van der Waals surface area (Å²) in [5.41, 5.74) is 0.806. The first-order valence-electron chi connectivity index (χ1n) is 5.11. The Kier molecular flexibility index (Phi) is 3.88. The molecular weight excluding hydrogens is 277 g/mol. The minimum atomic E-state index is -0.351. The first kappa shape index (κ1) is 12.9. The maximum absolute atomic E-state index is 12.8. The van der Waals surface area contributed by atoms with Crippen LogP contribution in [-0.2, 0) is 0 Å². The topological polar surface area (TPSA) is 54.9 Å². The van der Waals surface area contributed by atoms with Gasteiger partial charge in [-0.2, -0.15) is 0 Å². The highest BCUT2D eigenvalue weighted by atomic mass is 35.5. The summed E-state index contributed by atoms with van der Waals surface area (Å²) in [7, 11) is 0. The van der Waals surface area contributed by atoms with E-state index < -0.39 is 0 Å². The van der Waals surface area contributed by atoms with E-state index >= 15 is 0 Å². The van der Waals surface area contributed by atoms with E-state index in [1.165, 1.54) is 12.1 Å². The molecule has 1 aromatic heterocycles. The van der Waals surface area contributed by atoms with Crippen molar-refractivity contribution in [3.63, 3.8) is 0 Å². The summed E-state index contributed by atoms with van der Waals surface area (Å²) in [4.78, 5) is 11.8. The standard InChI is InChI=1S/C11H9ClFN3OS/c1-6(7-2-4-8(13)5-3-7)14-9(17)10-15-16-11(12)18-10/h2-6H,1H3,(H,14,17). The van der Waals surface area contributed by atoms with Crippen LogP contribution in [0.5, 0.6) is 0 Å². The Hall–Kier alpha value is -1.53. The zero-order valence-corrected chi connectivity index (χ0v) is 10.9. The maximum Gasteiger partial charge on any atom is 0.282 e. The number of rotatable bonds is 3. The molecule has 0 aliphatic carbocycles. The van der Waals surface area contributed by atoms with Crippen molar-refractivity contribution in [2.75, 3.05) is 0 Å². The third-order valence-electron chi connectivity index (χ3n) is 2.31. The molecule has 0 spiro atoms. The van der Waals surface area contributed by atoms with Gasteiger partial charge in [0.05, 0.1) is 6.04 Å². The lowest BCUT2D eigenvalue weighted by atomic mass is 10.1. The van der Waals surface area contributed by atoms with Gasteiger partial charge < -0.3 is 5.32 Å². The molecule has 2 aromatic rings. The third kappa shape index (κ3) is 3.02. The van der Waals surface area contributed by atoms with Crippen LogP contribution in [0.15, 0.2) is 24.3 Å². The molecule has 0 fully saturated rings. The summed E-state index contributed by atoms with van der Waals surface area (Å²) in [5.74, 6) is -0.663. The van der Waals surface area contributed by atoms with Crippen molar-refractivity contribution in [2.45, 2.75) is 13.0 Å². The molecule has 0 bridgehead atoms. The Labute approximate surface area is 112 Å². The molecule has 1 heterocycles. The Morgan fingerprint density at radius 1 is 1.39 bits per heavy atom. The fraction of sp³-hybridized carbons (Fsp3) is 0.182. The average Bonchev–Trinajstić information content (AvgIpc) is 2.76. The minimum Gasteiger partial charge on any atom is -0.343 e. The molecule has 1 unspecified atom stereocenters. The van der Waals surface area contributed by atoms with E-state index in [0.717, 1.165) is 16.9 Å². The molecule has 18 heavy (non-hydrogen) atoms. The number of nitrogens with zero attached hydrogens (tertiary/aromatic N) is 2. The molecular formula is C11H9ClFN3OS. The van der Waals surface area contributed by atoms with Gasteiger partial charge in [-0.05, 0) is 36.2 Å². The fourth-order valence-corrected chi connectivity index (χ4v) is 2.12. The number of hydrogen-bond acceptors (Lipinski definition) is 4. The van der Waals surface area contributed by atoms with Gasteiger partial charge >= 0.3 is 0 Å². The van der Waals surface area contributed by atoms with Crippen LogP contribution in [0.1, 0.15) is 28.3 Å². The lowest BCUT2D eigenvalue weighted by molar-refractivity contribution is 0.0939. The van der Waals surface area contributed by atoms with Gasteiger partial charge in [-0.25, -0.2) is 4.39 Å². The van der Waals surface area contributed by atoms with Crippen LogP contribution in [-0.4, -0.2) is 16.1 Å². The molecule has 0 radical (unpaired) electrons. The number of hydrogen-bond donors (Lipinski definition) is 1. The molecule has 1 aromatic carbocycles. The molecule has 0 saturated heterocycles. The van der Waals surface area contributed by atoms with E-state index in [-0.39, 0.29) is 27.2 Å². The summed E-state index contributed by atoms with van der Waals surface area (Å²) >= 11 is 6.61. The van der Waals surface area contributed by atoms with Gasteiger partial charge in [0.15, 0.2) is 0 Å². The summed E-state index contributed by atoms with van der Waals surface area (Å²) in [5, 5.41) is 10.1. The summed E-state index contributed by atoms with van der Waals surface area (Å²) in [6.45, 7) is 1.80. The number of aromatic nitrogens is 2. The predicted octanol–water partition coefficient (Wildman–Crippen LogP) is 2.82. The second-order valence-corrected chi connectivity index (χ2v) is 5.17. The molecule has 0 aliphatic heterocycles. The van der Waals surface area contributed by atoms with Crippen LogP contribution in [0.4, 0.5) is 4.39 Å². The Bertz CT molecular complexity index is 558. The first-order valence-corrected chi connectivity index (χ1v) is 6.31. The molecule has 94 valence electrons. The molecule has 0 aliphatic rings. The zero-order valence-electron chi connectivity index (χ0n) is 9.35. The van der Waals surface area contributed by atoms with Gasteiger partial charge in [0.1, 0.15) is 5.82 Å². The minimum absolute atomic E-state index is 0.203. The number of nitrogens with one attached hydrogen (secondary N) is 1. The van der Waals surface area contributed by atoms with Crippen molar-refractivity contribution < 1.29 is 9.18 Å². The van der Waals surface area contributed by atoms with Crippen molar-refractivity contribution >= 4 is 28.8 Å². The largest absolute Gasteiger partial charge is 0.343 e. The van der Waals surface area contributed by atoms with Crippen LogP contribution < -0.4 is 5.32 Å². The van der Waals surface area contributed by atoms with Crippen LogP contribution in [0.3, 0.4) is 0 Å². The van der Waals surface area contributed by atoms with Crippen LogP contribution >= 0.6 is 22.9 Å². The highest BCUT2D eigenvalue weighted by molar-refractivity contribution is 7.17. The van der Waals surface area contributed by atoms with Gasteiger partial charge in [-0.1, -0.05) is 23.5 Å². The predicted molar refractivity (Wildman–Crippen MR) is 67.2 cm³/mol. The lowest BCUT2D eigenvalue weighted by Gasteiger charge is -2.12. The highest BCUT2D eigenvalue weighted by Gasteiger charge is 2.15. The van der Waals surface area contributed by atoms with Crippen molar-refractivity contribution in [3.8, 4) is 0 Å². The monoisotopic (exact) mass is 285 g/mol. The Balaban J connectivity index is 2.05. The molecule has 1 atom stereocenters. The molecule has 1 N–H and O–H groups in total. The van der Waals surface area contributed by atoms with Crippen LogP contribution in [0.25, 0.3) is 0 Å². The van der Waals surface area contributed by atoms with E-state index in [0.29, 0.717) is 0 Å². The third-order valence-corrected chi connectivity index (χ3v) is 3.33. The number of benzene rings is 1. The number of carbonyl (C=O) groups excluding carboxylic acids is 1. The van der Waals surface area contributed by atoms with E-state index in [4.69, 9.17) is 11.6 Å². The number of amides is 1. The normalized spacial score (nSPS) is 12.2. The van der Waals surface area contributed by atoms with E-state index in [9.17, 15) is 9.18 Å². The van der Waals surface area contributed by atoms with Gasteiger partial charge in [-0.3, -0.25) is 4.79 Å². The van der Waals surface area contributed by atoms with Crippen molar-refractivity contribution in [1.29, 1.82) is 0 Å². The van der Waals surface area contributed by atoms with Crippen molar-refractivity contribution in [2.24, 2.45) is 0 Å². The van der Waals surface area contributed by atoms with Gasteiger partial charge in [0, 0.05) is 0 Å². The van der Waals surface area contributed by atoms with E-state index in [1.807, 2.05) is 0 Å². The SMILES string of the molecule is CC(NC(=O)c1nnc(Cl)s1)c1ccc(F)cc1. The summed E-state index contributed by atoms with van der Waals surface area (Å²) < 4.78 is 13.0. The molecule has 0 saturated carbocycles.